The molecule has 3 rings (SSSR count). The molecule has 1 heterocycles. The van der Waals surface area contributed by atoms with Gasteiger partial charge in [-0.3, -0.25) is 0 Å². The van der Waals surface area contributed by atoms with Gasteiger partial charge in [0.05, 0.1) is 11.3 Å². The van der Waals surface area contributed by atoms with Crippen LogP contribution in [0.1, 0.15) is 16.8 Å². The molecule has 0 bridgehead atoms. The lowest BCUT2D eigenvalue weighted by atomic mass is 10.1. The molecule has 0 radical (unpaired) electrons. The van der Waals surface area contributed by atoms with Crippen LogP contribution in [0.5, 0.6) is 0 Å². The summed E-state index contributed by atoms with van der Waals surface area (Å²) in [6.45, 7) is 2.31. The highest BCUT2D eigenvalue weighted by atomic mass is 19.4. The molecular weight excluding hydrogens is 341 g/mol. The number of anilines is 3. The SMILES string of the molecule is Cc1cc(NCc2ccccc2)nc(Nc2ccccc2C(F)(F)F)n1. The quantitative estimate of drug-likeness (QED) is 0.661. The monoisotopic (exact) mass is 358 g/mol. The van der Waals surface area contributed by atoms with Crippen molar-refractivity contribution in [2.45, 2.75) is 19.6 Å². The van der Waals surface area contributed by atoms with Gasteiger partial charge in [-0.1, -0.05) is 42.5 Å². The molecule has 1 aromatic heterocycles. The van der Waals surface area contributed by atoms with E-state index in [4.69, 9.17) is 0 Å². The third kappa shape index (κ3) is 4.50. The summed E-state index contributed by atoms with van der Waals surface area (Å²) < 4.78 is 39.4. The zero-order chi connectivity index (χ0) is 18.6. The molecule has 0 atom stereocenters. The molecule has 3 aromatic rings. The van der Waals surface area contributed by atoms with Gasteiger partial charge in [0.2, 0.25) is 5.95 Å². The molecule has 4 nitrogen and oxygen atoms in total. The summed E-state index contributed by atoms with van der Waals surface area (Å²) in [5.41, 5.74) is 0.867. The number of nitrogens with one attached hydrogen (secondary N) is 2. The molecule has 0 saturated heterocycles. The van der Waals surface area contributed by atoms with E-state index >= 15 is 0 Å². The summed E-state index contributed by atoms with van der Waals surface area (Å²) in [5.74, 6) is 0.644. The Balaban J connectivity index is 1.80. The van der Waals surface area contributed by atoms with Gasteiger partial charge in [-0.15, -0.1) is 0 Å². The van der Waals surface area contributed by atoms with Crippen LogP contribution >= 0.6 is 0 Å². The second-order valence-corrected chi connectivity index (χ2v) is 5.73. The second kappa shape index (κ2) is 7.43. The van der Waals surface area contributed by atoms with E-state index in [-0.39, 0.29) is 11.6 Å². The summed E-state index contributed by atoms with van der Waals surface area (Å²) in [6.07, 6.45) is -4.46. The molecule has 0 aliphatic carbocycles. The molecule has 0 aliphatic heterocycles. The van der Waals surface area contributed by atoms with Crippen LogP contribution in [0, 0.1) is 6.92 Å². The fraction of sp³-hybridized carbons (Fsp3) is 0.158. The molecule has 26 heavy (non-hydrogen) atoms. The first-order chi connectivity index (χ1) is 12.4. The van der Waals surface area contributed by atoms with E-state index in [9.17, 15) is 13.2 Å². The summed E-state index contributed by atoms with van der Waals surface area (Å²) in [5, 5.41) is 5.84. The van der Waals surface area contributed by atoms with Crippen molar-refractivity contribution in [1.29, 1.82) is 0 Å². The van der Waals surface area contributed by atoms with Gasteiger partial charge in [-0.25, -0.2) is 4.98 Å². The van der Waals surface area contributed by atoms with Crippen molar-refractivity contribution in [3.8, 4) is 0 Å². The van der Waals surface area contributed by atoms with Crippen molar-refractivity contribution < 1.29 is 13.2 Å². The van der Waals surface area contributed by atoms with Crippen LogP contribution in [-0.4, -0.2) is 9.97 Å². The summed E-state index contributed by atoms with van der Waals surface area (Å²) in [6, 6.07) is 16.7. The van der Waals surface area contributed by atoms with E-state index in [0.717, 1.165) is 11.6 Å². The third-order valence-electron chi connectivity index (χ3n) is 3.65. The van der Waals surface area contributed by atoms with E-state index in [1.165, 1.54) is 18.2 Å². The Morgan fingerprint density at radius 2 is 1.62 bits per heavy atom. The molecule has 0 spiro atoms. The topological polar surface area (TPSA) is 49.8 Å². The van der Waals surface area contributed by atoms with Crippen LogP contribution in [0.15, 0.2) is 60.7 Å². The zero-order valence-corrected chi connectivity index (χ0v) is 14.0. The number of aromatic nitrogens is 2. The molecule has 0 fully saturated rings. The predicted molar refractivity (Wildman–Crippen MR) is 95.3 cm³/mol. The number of hydrogen-bond acceptors (Lipinski definition) is 4. The Morgan fingerprint density at radius 1 is 0.923 bits per heavy atom. The maximum atomic E-state index is 13.1. The maximum absolute atomic E-state index is 13.1. The minimum absolute atomic E-state index is 0.0837. The fourth-order valence-electron chi connectivity index (χ4n) is 2.46. The van der Waals surface area contributed by atoms with Crippen molar-refractivity contribution in [3.63, 3.8) is 0 Å². The highest BCUT2D eigenvalue weighted by Gasteiger charge is 2.33. The van der Waals surface area contributed by atoms with Crippen molar-refractivity contribution >= 4 is 17.5 Å². The van der Waals surface area contributed by atoms with Crippen LogP contribution in [0.25, 0.3) is 0 Å². The van der Waals surface area contributed by atoms with E-state index < -0.39 is 11.7 Å². The van der Waals surface area contributed by atoms with Crippen LogP contribution < -0.4 is 10.6 Å². The van der Waals surface area contributed by atoms with Gasteiger partial charge >= 0.3 is 6.18 Å². The van der Waals surface area contributed by atoms with Crippen molar-refractivity contribution in [3.05, 3.63) is 77.5 Å². The summed E-state index contributed by atoms with van der Waals surface area (Å²) in [4.78, 5) is 8.44. The van der Waals surface area contributed by atoms with Gasteiger partial charge in [-0.2, -0.15) is 18.2 Å². The Labute approximate surface area is 149 Å². The lowest BCUT2D eigenvalue weighted by Gasteiger charge is -2.14. The summed E-state index contributed by atoms with van der Waals surface area (Å²) >= 11 is 0. The number of hydrogen-bond donors (Lipinski definition) is 2. The van der Waals surface area contributed by atoms with E-state index in [0.29, 0.717) is 18.1 Å². The standard InChI is InChI=1S/C19H17F3N4/c1-13-11-17(23-12-14-7-3-2-4-8-14)26-18(24-13)25-16-10-6-5-9-15(16)19(20,21)22/h2-11H,12H2,1H3,(H2,23,24,25,26). The minimum Gasteiger partial charge on any atom is -0.366 e. The maximum Gasteiger partial charge on any atom is 0.418 e. The van der Waals surface area contributed by atoms with Crippen LogP contribution in [0.2, 0.25) is 0 Å². The van der Waals surface area contributed by atoms with Gasteiger partial charge < -0.3 is 10.6 Å². The Hall–Kier alpha value is -3.09. The fourth-order valence-corrected chi connectivity index (χ4v) is 2.46. The van der Waals surface area contributed by atoms with Crippen molar-refractivity contribution in [1.82, 2.24) is 9.97 Å². The molecule has 7 heteroatoms. The van der Waals surface area contributed by atoms with Gasteiger partial charge in [0.1, 0.15) is 5.82 Å². The number of aryl methyl sites for hydroxylation is 1. The van der Waals surface area contributed by atoms with Gasteiger partial charge in [-0.05, 0) is 24.6 Å². The van der Waals surface area contributed by atoms with Gasteiger partial charge in [0.15, 0.2) is 0 Å². The number of para-hydroxylation sites is 1. The second-order valence-electron chi connectivity index (χ2n) is 5.73. The number of alkyl halides is 3. The molecule has 0 amide bonds. The lowest BCUT2D eigenvalue weighted by molar-refractivity contribution is -0.136. The highest BCUT2D eigenvalue weighted by Crippen LogP contribution is 2.35. The Bertz CT molecular complexity index is 879. The van der Waals surface area contributed by atoms with Crippen molar-refractivity contribution in [2.24, 2.45) is 0 Å². The third-order valence-corrected chi connectivity index (χ3v) is 3.65. The molecule has 0 aliphatic rings. The Morgan fingerprint density at radius 3 is 2.35 bits per heavy atom. The number of rotatable bonds is 5. The molecular formula is C19H17F3N4. The molecule has 2 N–H and O–H groups in total. The Kier molecular flexibility index (Phi) is 5.06. The first-order valence-electron chi connectivity index (χ1n) is 7.98. The first kappa shape index (κ1) is 17.7. The molecule has 134 valence electrons. The molecule has 0 unspecified atom stereocenters. The normalized spacial score (nSPS) is 11.2. The lowest BCUT2D eigenvalue weighted by Crippen LogP contribution is -2.10. The highest BCUT2D eigenvalue weighted by molar-refractivity contribution is 5.60. The number of halogens is 3. The van der Waals surface area contributed by atoms with Crippen molar-refractivity contribution in [2.75, 3.05) is 10.6 Å². The van der Waals surface area contributed by atoms with Crippen LogP contribution in [0.3, 0.4) is 0 Å². The molecule has 2 aromatic carbocycles. The zero-order valence-electron chi connectivity index (χ0n) is 14.0. The van der Waals surface area contributed by atoms with E-state index in [1.54, 1.807) is 13.0 Å². The molecule has 0 saturated carbocycles. The largest absolute Gasteiger partial charge is 0.418 e. The van der Waals surface area contributed by atoms with Gasteiger partial charge in [0.25, 0.3) is 0 Å². The van der Waals surface area contributed by atoms with E-state index in [2.05, 4.69) is 20.6 Å². The van der Waals surface area contributed by atoms with Crippen LogP contribution in [-0.2, 0) is 12.7 Å². The first-order valence-corrected chi connectivity index (χ1v) is 7.98. The minimum atomic E-state index is -4.46. The number of nitrogens with zero attached hydrogens (tertiary/aromatic N) is 2. The van der Waals surface area contributed by atoms with Gasteiger partial charge in [0, 0.05) is 18.3 Å². The number of benzene rings is 2. The van der Waals surface area contributed by atoms with E-state index in [1.807, 2.05) is 30.3 Å². The average Bonchev–Trinajstić information content (AvgIpc) is 2.60. The van der Waals surface area contributed by atoms with Crippen LogP contribution in [0.4, 0.5) is 30.6 Å². The smallest absolute Gasteiger partial charge is 0.366 e. The summed E-state index contributed by atoms with van der Waals surface area (Å²) in [7, 11) is 0. The average molecular weight is 358 g/mol. The predicted octanol–water partition coefficient (Wildman–Crippen LogP) is 5.16.